The average molecular weight is 455 g/mol. The highest BCUT2D eigenvalue weighted by Gasteiger charge is 2.21. The molecule has 4 rings (SSSR count). The number of thiophene rings is 1. The van der Waals surface area contributed by atoms with E-state index in [4.69, 9.17) is 4.74 Å². The van der Waals surface area contributed by atoms with Gasteiger partial charge in [-0.3, -0.25) is 9.20 Å². The molecule has 7 nitrogen and oxygen atoms in total. The van der Waals surface area contributed by atoms with Gasteiger partial charge < -0.3 is 10.1 Å². The Bertz CT molecular complexity index is 1310. The van der Waals surface area contributed by atoms with Gasteiger partial charge in [0.2, 0.25) is 5.91 Å². The van der Waals surface area contributed by atoms with Crippen molar-refractivity contribution in [1.29, 1.82) is 0 Å². The Morgan fingerprint density at radius 1 is 1.19 bits per heavy atom. The van der Waals surface area contributed by atoms with E-state index in [2.05, 4.69) is 28.5 Å². The van der Waals surface area contributed by atoms with Crippen molar-refractivity contribution < 1.29 is 14.3 Å². The number of anilines is 1. The lowest BCUT2D eigenvalue weighted by molar-refractivity contribution is -0.115. The fourth-order valence-electron chi connectivity index (χ4n) is 3.46. The first kappa shape index (κ1) is 21.3. The summed E-state index contributed by atoms with van der Waals surface area (Å²) < 4.78 is 6.88. The zero-order valence-corrected chi connectivity index (χ0v) is 19.3. The van der Waals surface area contributed by atoms with Gasteiger partial charge >= 0.3 is 5.97 Å². The zero-order chi connectivity index (χ0) is 22.1. The number of carbonyl (C=O) groups excluding carboxylic acids is 2. The molecule has 0 unspecified atom stereocenters. The van der Waals surface area contributed by atoms with Crippen molar-refractivity contribution in [2.75, 3.05) is 18.2 Å². The van der Waals surface area contributed by atoms with Crippen molar-refractivity contribution in [3.8, 4) is 0 Å². The molecule has 0 aliphatic carbocycles. The summed E-state index contributed by atoms with van der Waals surface area (Å²) in [4.78, 5) is 25.6. The van der Waals surface area contributed by atoms with Crippen LogP contribution in [0.2, 0.25) is 0 Å². The van der Waals surface area contributed by atoms with Crippen LogP contribution in [0.1, 0.15) is 32.8 Å². The minimum atomic E-state index is -0.441. The van der Waals surface area contributed by atoms with Gasteiger partial charge in [0.15, 0.2) is 10.8 Å². The maximum atomic E-state index is 12.5. The highest BCUT2D eigenvalue weighted by Crippen LogP contribution is 2.33. The number of ether oxygens (including phenoxy) is 1. The minimum absolute atomic E-state index is 0.159. The van der Waals surface area contributed by atoms with E-state index >= 15 is 0 Å². The van der Waals surface area contributed by atoms with Gasteiger partial charge in [-0.05, 0) is 44.0 Å². The number of para-hydroxylation sites is 1. The molecular weight excluding hydrogens is 432 g/mol. The standard InChI is InChI=1S/C22H22N4O3S2/c1-12-11-17-24-25-22(26(17)16-8-6-5-7-15(12)16)30-10-9-18(27)23-20-19(21(28)29-4)13(2)14(3)31-20/h5-8,11H,9-10H2,1-4H3,(H,23,27). The SMILES string of the molecule is COC(=O)c1c(NC(=O)CCSc2nnc3cc(C)c4ccccc4n23)sc(C)c1C. The summed E-state index contributed by atoms with van der Waals surface area (Å²) in [6.45, 7) is 5.83. The average Bonchev–Trinajstić information content (AvgIpc) is 3.28. The van der Waals surface area contributed by atoms with Crippen LogP contribution < -0.4 is 5.32 Å². The zero-order valence-electron chi connectivity index (χ0n) is 17.7. The van der Waals surface area contributed by atoms with Crippen LogP contribution in [-0.2, 0) is 9.53 Å². The lowest BCUT2D eigenvalue weighted by Gasteiger charge is -2.08. The lowest BCUT2D eigenvalue weighted by atomic mass is 10.1. The Kier molecular flexibility index (Phi) is 5.97. The molecule has 0 saturated carbocycles. The Morgan fingerprint density at radius 2 is 1.97 bits per heavy atom. The molecule has 9 heteroatoms. The van der Waals surface area contributed by atoms with Gasteiger partial charge in [-0.15, -0.1) is 21.5 Å². The summed E-state index contributed by atoms with van der Waals surface area (Å²) in [6, 6.07) is 10.1. The fourth-order valence-corrected chi connectivity index (χ4v) is 5.41. The number of hydrogen-bond donors (Lipinski definition) is 1. The van der Waals surface area contributed by atoms with E-state index in [0.29, 0.717) is 16.3 Å². The van der Waals surface area contributed by atoms with Gasteiger partial charge in [-0.1, -0.05) is 30.0 Å². The molecule has 1 aromatic carbocycles. The number of rotatable bonds is 6. The Morgan fingerprint density at radius 3 is 2.74 bits per heavy atom. The maximum absolute atomic E-state index is 12.5. The van der Waals surface area contributed by atoms with Crippen molar-refractivity contribution >= 4 is 56.5 Å². The van der Waals surface area contributed by atoms with Crippen LogP contribution in [0.25, 0.3) is 16.6 Å². The van der Waals surface area contributed by atoms with Gasteiger partial charge in [0, 0.05) is 22.4 Å². The molecule has 0 fully saturated rings. The van der Waals surface area contributed by atoms with E-state index in [9.17, 15) is 9.59 Å². The summed E-state index contributed by atoms with van der Waals surface area (Å²) in [5, 5.41) is 13.9. The second kappa shape index (κ2) is 8.68. The van der Waals surface area contributed by atoms with E-state index in [0.717, 1.165) is 37.7 Å². The van der Waals surface area contributed by atoms with Crippen LogP contribution in [0.15, 0.2) is 35.5 Å². The molecule has 0 bridgehead atoms. The van der Waals surface area contributed by atoms with Gasteiger partial charge in [0.25, 0.3) is 0 Å². The molecule has 3 heterocycles. The topological polar surface area (TPSA) is 85.6 Å². The quantitative estimate of drug-likeness (QED) is 0.333. The largest absolute Gasteiger partial charge is 0.465 e. The predicted octanol–water partition coefficient (Wildman–Crippen LogP) is 4.78. The van der Waals surface area contributed by atoms with Gasteiger partial charge in [-0.2, -0.15) is 0 Å². The Hall–Kier alpha value is -2.91. The number of nitrogens with one attached hydrogen (secondary N) is 1. The van der Waals surface area contributed by atoms with Crippen molar-refractivity contribution in [3.05, 3.63) is 51.9 Å². The molecular formula is C22H22N4O3S2. The number of nitrogens with zero attached hydrogens (tertiary/aromatic N) is 3. The molecule has 0 radical (unpaired) electrons. The molecule has 0 saturated heterocycles. The number of esters is 1. The normalized spacial score (nSPS) is 11.2. The summed E-state index contributed by atoms with van der Waals surface area (Å²) >= 11 is 2.86. The number of aromatic nitrogens is 3. The number of hydrogen-bond acceptors (Lipinski definition) is 7. The molecule has 160 valence electrons. The second-order valence-corrected chi connectivity index (χ2v) is 9.43. The molecule has 4 aromatic rings. The number of benzene rings is 1. The first-order valence-electron chi connectivity index (χ1n) is 9.75. The van der Waals surface area contributed by atoms with Crippen LogP contribution in [-0.4, -0.2) is 39.3 Å². The van der Waals surface area contributed by atoms with Crippen LogP contribution in [0.3, 0.4) is 0 Å². The second-order valence-electron chi connectivity index (χ2n) is 7.15. The molecule has 31 heavy (non-hydrogen) atoms. The maximum Gasteiger partial charge on any atom is 0.341 e. The first-order valence-corrected chi connectivity index (χ1v) is 11.6. The predicted molar refractivity (Wildman–Crippen MR) is 124 cm³/mol. The van der Waals surface area contributed by atoms with Gasteiger partial charge in [0.1, 0.15) is 5.00 Å². The van der Waals surface area contributed by atoms with Crippen molar-refractivity contribution in [2.24, 2.45) is 0 Å². The monoisotopic (exact) mass is 454 g/mol. The summed E-state index contributed by atoms with van der Waals surface area (Å²) in [5.41, 5.74) is 4.24. The Labute approximate surface area is 187 Å². The van der Waals surface area contributed by atoms with E-state index in [1.165, 1.54) is 30.2 Å². The third kappa shape index (κ3) is 4.03. The first-order chi connectivity index (χ1) is 14.9. The molecule has 0 atom stereocenters. The molecule has 3 aromatic heterocycles. The highest BCUT2D eigenvalue weighted by atomic mass is 32.2. The number of carbonyl (C=O) groups is 2. The number of methoxy groups -OCH3 is 1. The number of amides is 1. The van der Waals surface area contributed by atoms with E-state index in [-0.39, 0.29) is 12.3 Å². The van der Waals surface area contributed by atoms with E-state index in [1.807, 2.05) is 42.5 Å². The highest BCUT2D eigenvalue weighted by molar-refractivity contribution is 7.99. The summed E-state index contributed by atoms with van der Waals surface area (Å²) in [7, 11) is 1.34. The molecule has 0 spiro atoms. The molecule has 1 amide bonds. The van der Waals surface area contributed by atoms with Crippen molar-refractivity contribution in [2.45, 2.75) is 32.3 Å². The summed E-state index contributed by atoms with van der Waals surface area (Å²) in [6.07, 6.45) is 0.278. The van der Waals surface area contributed by atoms with E-state index in [1.54, 1.807) is 0 Å². The number of thioether (sulfide) groups is 1. The van der Waals surface area contributed by atoms with Gasteiger partial charge in [-0.25, -0.2) is 4.79 Å². The number of fused-ring (bicyclic) bond motifs is 3. The van der Waals surface area contributed by atoms with E-state index < -0.39 is 5.97 Å². The van der Waals surface area contributed by atoms with Crippen molar-refractivity contribution in [3.63, 3.8) is 0 Å². The lowest BCUT2D eigenvalue weighted by Crippen LogP contribution is -2.14. The van der Waals surface area contributed by atoms with Crippen LogP contribution in [0, 0.1) is 20.8 Å². The fraction of sp³-hybridized carbons (Fsp3) is 0.273. The van der Waals surface area contributed by atoms with Gasteiger partial charge in [0.05, 0.1) is 18.2 Å². The number of aryl methyl sites for hydroxylation is 2. The Balaban J connectivity index is 1.48. The smallest absolute Gasteiger partial charge is 0.341 e. The van der Waals surface area contributed by atoms with Crippen LogP contribution >= 0.6 is 23.1 Å². The molecule has 0 aliphatic heterocycles. The third-order valence-electron chi connectivity index (χ3n) is 5.16. The minimum Gasteiger partial charge on any atom is -0.465 e. The number of pyridine rings is 1. The van der Waals surface area contributed by atoms with Crippen LogP contribution in [0.4, 0.5) is 5.00 Å². The molecule has 0 aliphatic rings. The summed E-state index contributed by atoms with van der Waals surface area (Å²) in [5.74, 6) is -0.0665. The van der Waals surface area contributed by atoms with Crippen LogP contribution in [0.5, 0.6) is 0 Å². The molecule has 1 N–H and O–H groups in total. The third-order valence-corrected chi connectivity index (χ3v) is 7.22. The van der Waals surface area contributed by atoms with Crippen molar-refractivity contribution in [1.82, 2.24) is 14.6 Å².